The summed E-state index contributed by atoms with van der Waals surface area (Å²) >= 11 is 0. The number of nitrogens with two attached hydrogens (primary N) is 1. The van der Waals surface area contributed by atoms with Crippen molar-refractivity contribution in [2.75, 3.05) is 50.8 Å². The molecule has 2 aliphatic rings. The van der Waals surface area contributed by atoms with E-state index < -0.39 is 0 Å². The number of carbonyl (C=O) groups excluding carboxylic acids is 1. The summed E-state index contributed by atoms with van der Waals surface area (Å²) in [6.45, 7) is 6.81. The topological polar surface area (TPSA) is 84.6 Å². The average Bonchev–Trinajstić information content (AvgIpc) is 2.61. The van der Waals surface area contributed by atoms with E-state index in [-0.39, 0.29) is 12.5 Å². The molecule has 2 aliphatic heterocycles. The minimum absolute atomic E-state index is 0.0383. The Hall–Kier alpha value is -1.73. The predicted molar refractivity (Wildman–Crippen MR) is 87.4 cm³/mol. The van der Waals surface area contributed by atoms with Crippen molar-refractivity contribution in [1.29, 1.82) is 0 Å². The van der Waals surface area contributed by atoms with Gasteiger partial charge in [0.2, 0.25) is 5.91 Å². The number of likely N-dealkylation sites (tertiary alicyclic amines) is 1. The molecular weight excluding hydrogens is 294 g/mol. The molecule has 3 rings (SSSR count). The molecule has 1 amide bonds. The SMILES string of the molecule is Cc1nc(C2CCN(C(=O)CN)CC2)cc(N2CCOCC2)n1. The number of amides is 1. The Morgan fingerprint density at radius 1 is 1.26 bits per heavy atom. The zero-order valence-corrected chi connectivity index (χ0v) is 13.7. The molecule has 0 aliphatic carbocycles. The van der Waals surface area contributed by atoms with E-state index in [9.17, 15) is 4.79 Å². The number of hydrogen-bond acceptors (Lipinski definition) is 6. The summed E-state index contributed by atoms with van der Waals surface area (Å²) in [6, 6.07) is 2.11. The highest BCUT2D eigenvalue weighted by molar-refractivity contribution is 5.78. The molecule has 1 aromatic heterocycles. The third kappa shape index (κ3) is 3.79. The monoisotopic (exact) mass is 319 g/mol. The minimum Gasteiger partial charge on any atom is -0.378 e. The number of morpholine rings is 1. The molecule has 0 saturated carbocycles. The number of nitrogens with zero attached hydrogens (tertiary/aromatic N) is 4. The maximum Gasteiger partial charge on any atom is 0.236 e. The second kappa shape index (κ2) is 7.23. The maximum absolute atomic E-state index is 11.7. The van der Waals surface area contributed by atoms with Crippen LogP contribution in [-0.4, -0.2) is 66.7 Å². The number of anilines is 1. The zero-order chi connectivity index (χ0) is 16.2. The molecule has 0 atom stereocenters. The highest BCUT2D eigenvalue weighted by atomic mass is 16.5. The average molecular weight is 319 g/mol. The zero-order valence-electron chi connectivity index (χ0n) is 13.7. The molecule has 2 N–H and O–H groups in total. The van der Waals surface area contributed by atoms with E-state index in [1.165, 1.54) is 0 Å². The van der Waals surface area contributed by atoms with Gasteiger partial charge in [0.1, 0.15) is 11.6 Å². The van der Waals surface area contributed by atoms with Gasteiger partial charge in [0.15, 0.2) is 0 Å². The van der Waals surface area contributed by atoms with Crippen molar-refractivity contribution in [1.82, 2.24) is 14.9 Å². The molecule has 0 aromatic carbocycles. The van der Waals surface area contributed by atoms with Crippen LogP contribution in [0.25, 0.3) is 0 Å². The van der Waals surface area contributed by atoms with Crippen molar-refractivity contribution in [2.24, 2.45) is 5.73 Å². The second-order valence-corrected chi connectivity index (χ2v) is 6.16. The molecule has 1 aromatic rings. The van der Waals surface area contributed by atoms with Gasteiger partial charge in [-0.25, -0.2) is 9.97 Å². The first-order valence-electron chi connectivity index (χ1n) is 8.33. The van der Waals surface area contributed by atoms with E-state index in [2.05, 4.69) is 20.9 Å². The quantitative estimate of drug-likeness (QED) is 0.862. The van der Waals surface area contributed by atoms with E-state index >= 15 is 0 Å². The first kappa shape index (κ1) is 16.1. The largest absolute Gasteiger partial charge is 0.378 e. The fraction of sp³-hybridized carbons (Fsp3) is 0.688. The fourth-order valence-corrected chi connectivity index (χ4v) is 3.29. The van der Waals surface area contributed by atoms with Crippen molar-refractivity contribution >= 4 is 11.7 Å². The van der Waals surface area contributed by atoms with E-state index in [1.54, 1.807) is 0 Å². The summed E-state index contributed by atoms with van der Waals surface area (Å²) in [7, 11) is 0. The Bertz CT molecular complexity index is 551. The number of hydrogen-bond donors (Lipinski definition) is 1. The van der Waals surface area contributed by atoms with Crippen LogP contribution in [0.5, 0.6) is 0 Å². The van der Waals surface area contributed by atoms with Crippen LogP contribution in [0.4, 0.5) is 5.82 Å². The van der Waals surface area contributed by atoms with E-state index in [4.69, 9.17) is 10.5 Å². The van der Waals surface area contributed by atoms with Crippen LogP contribution in [0, 0.1) is 6.92 Å². The highest BCUT2D eigenvalue weighted by Gasteiger charge is 2.25. The predicted octanol–water partition coefficient (Wildman–Crippen LogP) is 0.286. The lowest BCUT2D eigenvalue weighted by molar-refractivity contribution is -0.130. The van der Waals surface area contributed by atoms with Gasteiger partial charge in [-0.1, -0.05) is 0 Å². The van der Waals surface area contributed by atoms with Gasteiger partial charge in [0.05, 0.1) is 19.8 Å². The molecule has 0 unspecified atom stereocenters. The third-order valence-corrected chi connectivity index (χ3v) is 4.62. The number of ether oxygens (including phenoxy) is 1. The molecule has 2 fully saturated rings. The minimum atomic E-state index is 0.0383. The lowest BCUT2D eigenvalue weighted by Gasteiger charge is -2.32. The van der Waals surface area contributed by atoms with Crippen molar-refractivity contribution in [3.8, 4) is 0 Å². The Balaban J connectivity index is 1.70. The smallest absolute Gasteiger partial charge is 0.236 e. The molecule has 0 spiro atoms. The summed E-state index contributed by atoms with van der Waals surface area (Å²) in [6.07, 6.45) is 1.87. The third-order valence-electron chi connectivity index (χ3n) is 4.62. The normalized spacial score (nSPS) is 19.9. The van der Waals surface area contributed by atoms with E-state index in [0.717, 1.165) is 69.6 Å². The van der Waals surface area contributed by atoms with Crippen molar-refractivity contribution in [3.63, 3.8) is 0 Å². The van der Waals surface area contributed by atoms with Crippen LogP contribution < -0.4 is 10.6 Å². The number of aromatic nitrogens is 2. The highest BCUT2D eigenvalue weighted by Crippen LogP contribution is 2.28. The van der Waals surface area contributed by atoms with Crippen LogP contribution in [0.2, 0.25) is 0 Å². The first-order chi connectivity index (χ1) is 11.2. The van der Waals surface area contributed by atoms with Crippen LogP contribution in [0.15, 0.2) is 6.07 Å². The molecule has 3 heterocycles. The molecule has 23 heavy (non-hydrogen) atoms. The summed E-state index contributed by atoms with van der Waals surface area (Å²) in [4.78, 5) is 25.0. The van der Waals surface area contributed by atoms with Gasteiger partial charge in [0, 0.05) is 43.9 Å². The molecule has 0 bridgehead atoms. The lowest BCUT2D eigenvalue weighted by atomic mass is 9.93. The Kier molecular flexibility index (Phi) is 5.07. The van der Waals surface area contributed by atoms with Crippen LogP contribution in [-0.2, 0) is 9.53 Å². The number of rotatable bonds is 3. The maximum atomic E-state index is 11.7. The first-order valence-corrected chi connectivity index (χ1v) is 8.33. The molecule has 126 valence electrons. The van der Waals surface area contributed by atoms with Gasteiger partial charge in [-0.3, -0.25) is 4.79 Å². The molecule has 0 radical (unpaired) electrons. The van der Waals surface area contributed by atoms with Crippen LogP contribution in [0.1, 0.15) is 30.3 Å². The van der Waals surface area contributed by atoms with Gasteiger partial charge < -0.3 is 20.3 Å². The van der Waals surface area contributed by atoms with Gasteiger partial charge in [-0.15, -0.1) is 0 Å². The molecule has 7 heteroatoms. The molecule has 7 nitrogen and oxygen atoms in total. The van der Waals surface area contributed by atoms with Crippen molar-refractivity contribution < 1.29 is 9.53 Å². The van der Waals surface area contributed by atoms with Crippen LogP contribution >= 0.6 is 0 Å². The number of aryl methyl sites for hydroxylation is 1. The number of carbonyl (C=O) groups is 1. The summed E-state index contributed by atoms with van der Waals surface area (Å²) in [5.74, 6) is 2.23. The summed E-state index contributed by atoms with van der Waals surface area (Å²) < 4.78 is 5.41. The Morgan fingerprint density at radius 3 is 2.61 bits per heavy atom. The fourth-order valence-electron chi connectivity index (χ4n) is 3.29. The molecule has 2 saturated heterocycles. The van der Waals surface area contributed by atoms with E-state index in [1.807, 2.05) is 11.8 Å². The van der Waals surface area contributed by atoms with Crippen molar-refractivity contribution in [2.45, 2.75) is 25.7 Å². The lowest BCUT2D eigenvalue weighted by Crippen LogP contribution is -2.41. The van der Waals surface area contributed by atoms with E-state index in [0.29, 0.717) is 5.92 Å². The van der Waals surface area contributed by atoms with Crippen molar-refractivity contribution in [3.05, 3.63) is 17.6 Å². The van der Waals surface area contributed by atoms with Gasteiger partial charge in [0.25, 0.3) is 0 Å². The number of piperidine rings is 1. The van der Waals surface area contributed by atoms with Crippen LogP contribution in [0.3, 0.4) is 0 Å². The Morgan fingerprint density at radius 2 is 1.96 bits per heavy atom. The second-order valence-electron chi connectivity index (χ2n) is 6.16. The Labute approximate surface area is 136 Å². The summed E-state index contributed by atoms with van der Waals surface area (Å²) in [5, 5.41) is 0. The molecular formula is C16H25N5O2. The standard InChI is InChI=1S/C16H25N5O2/c1-12-18-14(10-15(19-12)20-6-8-23-9-7-20)13-2-4-21(5-3-13)16(22)11-17/h10,13H,2-9,11,17H2,1H3. The van der Waals surface area contributed by atoms with Gasteiger partial charge in [-0.2, -0.15) is 0 Å². The van der Waals surface area contributed by atoms with Gasteiger partial charge in [-0.05, 0) is 19.8 Å². The van der Waals surface area contributed by atoms with Gasteiger partial charge >= 0.3 is 0 Å². The summed E-state index contributed by atoms with van der Waals surface area (Å²) in [5.41, 5.74) is 6.54.